The second-order valence-electron chi connectivity index (χ2n) is 6.13. The van der Waals surface area contributed by atoms with Crippen LogP contribution in [0.15, 0.2) is 0 Å². The van der Waals surface area contributed by atoms with Crippen molar-refractivity contribution in [3.8, 4) is 0 Å². The van der Waals surface area contributed by atoms with Crippen LogP contribution in [0, 0.1) is 5.92 Å². The van der Waals surface area contributed by atoms with Crippen molar-refractivity contribution in [2.45, 2.75) is 71.9 Å². The first kappa shape index (κ1) is 14.0. The van der Waals surface area contributed by atoms with Gasteiger partial charge in [-0.25, -0.2) is 4.98 Å². The average Bonchev–Trinajstić information content (AvgIpc) is 2.70. The van der Waals surface area contributed by atoms with Crippen molar-refractivity contribution in [3.63, 3.8) is 0 Å². The maximum atomic E-state index is 4.91. The third-order valence-electron chi connectivity index (χ3n) is 3.40. The number of aryl methyl sites for hydroxylation is 2. The van der Waals surface area contributed by atoms with Crippen molar-refractivity contribution < 1.29 is 0 Å². The highest BCUT2D eigenvalue weighted by Crippen LogP contribution is 2.32. The number of fused-ring (bicyclic) bond motifs is 1. The zero-order valence-electron chi connectivity index (χ0n) is 12.1. The molecule has 1 unspecified atom stereocenters. The molecule has 2 rings (SSSR count). The lowest BCUT2D eigenvalue weighted by Gasteiger charge is -2.21. The molecule has 0 aromatic carbocycles. The van der Waals surface area contributed by atoms with Crippen LogP contribution >= 0.6 is 11.3 Å². The topological polar surface area (TPSA) is 24.9 Å². The SMILES string of the molecule is CC(C)CC(NC(C)C)c1nc2c(s1)CCCC2. The fourth-order valence-electron chi connectivity index (χ4n) is 2.63. The Balaban J connectivity index is 2.15. The minimum absolute atomic E-state index is 0.445. The summed E-state index contributed by atoms with van der Waals surface area (Å²) in [6.45, 7) is 9.03. The van der Waals surface area contributed by atoms with Crippen LogP contribution in [0.5, 0.6) is 0 Å². The molecule has 1 heterocycles. The van der Waals surface area contributed by atoms with Crippen LogP contribution in [0.3, 0.4) is 0 Å². The Morgan fingerprint density at radius 2 is 1.89 bits per heavy atom. The second-order valence-corrected chi connectivity index (χ2v) is 7.25. The first-order valence-electron chi connectivity index (χ1n) is 7.30. The highest BCUT2D eigenvalue weighted by molar-refractivity contribution is 7.11. The molecule has 3 heteroatoms. The molecule has 0 spiro atoms. The predicted molar refractivity (Wildman–Crippen MR) is 79.2 cm³/mol. The van der Waals surface area contributed by atoms with Crippen molar-refractivity contribution in [1.82, 2.24) is 10.3 Å². The predicted octanol–water partition coefficient (Wildman–Crippen LogP) is 4.11. The lowest BCUT2D eigenvalue weighted by molar-refractivity contribution is 0.399. The summed E-state index contributed by atoms with van der Waals surface area (Å²) in [4.78, 5) is 6.46. The van der Waals surface area contributed by atoms with E-state index in [1.807, 2.05) is 11.3 Å². The van der Waals surface area contributed by atoms with Gasteiger partial charge in [-0.05, 0) is 38.0 Å². The molecular weight excluding hydrogens is 240 g/mol. The first-order chi connectivity index (χ1) is 8.56. The lowest BCUT2D eigenvalue weighted by atomic mass is 10.0. The van der Waals surface area contributed by atoms with E-state index in [1.54, 1.807) is 4.88 Å². The molecule has 0 bridgehead atoms. The molecular formula is C15H26N2S. The maximum Gasteiger partial charge on any atom is 0.110 e. The molecule has 0 amide bonds. The van der Waals surface area contributed by atoms with Crippen molar-refractivity contribution in [2.24, 2.45) is 5.92 Å². The third-order valence-corrected chi connectivity index (χ3v) is 4.67. The average molecular weight is 266 g/mol. The highest BCUT2D eigenvalue weighted by atomic mass is 32.1. The molecule has 1 aromatic heterocycles. The first-order valence-corrected chi connectivity index (χ1v) is 8.12. The Kier molecular flexibility index (Phi) is 4.79. The molecule has 1 aromatic rings. The number of rotatable bonds is 5. The monoisotopic (exact) mass is 266 g/mol. The number of hydrogen-bond acceptors (Lipinski definition) is 3. The summed E-state index contributed by atoms with van der Waals surface area (Å²) in [5, 5.41) is 5.01. The van der Waals surface area contributed by atoms with Crippen LogP contribution in [-0.2, 0) is 12.8 Å². The van der Waals surface area contributed by atoms with Gasteiger partial charge in [0.1, 0.15) is 5.01 Å². The molecule has 2 nitrogen and oxygen atoms in total. The van der Waals surface area contributed by atoms with Crippen LogP contribution in [0.1, 0.15) is 68.6 Å². The Morgan fingerprint density at radius 1 is 1.17 bits per heavy atom. The molecule has 1 aliphatic carbocycles. The number of hydrogen-bond donors (Lipinski definition) is 1. The second kappa shape index (κ2) is 6.16. The maximum absolute atomic E-state index is 4.91. The van der Waals surface area contributed by atoms with Crippen LogP contribution < -0.4 is 5.32 Å². The van der Waals surface area contributed by atoms with Crippen LogP contribution in [0.25, 0.3) is 0 Å². The van der Waals surface area contributed by atoms with E-state index < -0.39 is 0 Å². The van der Waals surface area contributed by atoms with Gasteiger partial charge in [-0.1, -0.05) is 27.7 Å². The van der Waals surface area contributed by atoms with Crippen LogP contribution in [0.2, 0.25) is 0 Å². The minimum atomic E-state index is 0.445. The number of thiazole rings is 1. The Hall–Kier alpha value is -0.410. The van der Waals surface area contributed by atoms with E-state index in [9.17, 15) is 0 Å². The van der Waals surface area contributed by atoms with Gasteiger partial charge in [-0.3, -0.25) is 0 Å². The molecule has 1 atom stereocenters. The van der Waals surface area contributed by atoms with E-state index in [4.69, 9.17) is 4.98 Å². The summed E-state index contributed by atoms with van der Waals surface area (Å²) >= 11 is 1.95. The molecule has 1 N–H and O–H groups in total. The minimum Gasteiger partial charge on any atom is -0.306 e. The molecule has 0 saturated heterocycles. The highest BCUT2D eigenvalue weighted by Gasteiger charge is 2.22. The Morgan fingerprint density at radius 3 is 2.50 bits per heavy atom. The Bertz CT molecular complexity index is 348. The van der Waals surface area contributed by atoms with Crippen molar-refractivity contribution >= 4 is 11.3 Å². The van der Waals surface area contributed by atoms with Gasteiger partial charge < -0.3 is 5.32 Å². The fourth-order valence-corrected chi connectivity index (χ4v) is 3.86. The normalized spacial score (nSPS) is 17.2. The van der Waals surface area contributed by atoms with E-state index in [-0.39, 0.29) is 0 Å². The summed E-state index contributed by atoms with van der Waals surface area (Å²) in [7, 11) is 0. The molecule has 0 aliphatic heterocycles. The van der Waals surface area contributed by atoms with E-state index in [2.05, 4.69) is 33.0 Å². The fraction of sp³-hybridized carbons (Fsp3) is 0.800. The van der Waals surface area contributed by atoms with Crippen molar-refractivity contribution in [1.29, 1.82) is 0 Å². The van der Waals surface area contributed by atoms with E-state index in [1.165, 1.54) is 42.8 Å². The molecule has 0 fully saturated rings. The molecule has 18 heavy (non-hydrogen) atoms. The van der Waals surface area contributed by atoms with Gasteiger partial charge in [-0.2, -0.15) is 0 Å². The molecule has 102 valence electrons. The quantitative estimate of drug-likeness (QED) is 0.867. The summed E-state index contributed by atoms with van der Waals surface area (Å²) in [6.07, 6.45) is 6.30. The van der Waals surface area contributed by atoms with Gasteiger partial charge in [0.05, 0.1) is 11.7 Å². The Labute approximate surface area is 115 Å². The zero-order chi connectivity index (χ0) is 13.1. The van der Waals surface area contributed by atoms with Crippen LogP contribution in [0.4, 0.5) is 0 Å². The van der Waals surface area contributed by atoms with E-state index in [0.29, 0.717) is 18.0 Å². The van der Waals surface area contributed by atoms with Gasteiger partial charge in [-0.15, -0.1) is 11.3 Å². The van der Waals surface area contributed by atoms with E-state index in [0.717, 1.165) is 0 Å². The lowest BCUT2D eigenvalue weighted by Crippen LogP contribution is -2.29. The van der Waals surface area contributed by atoms with Crippen molar-refractivity contribution in [3.05, 3.63) is 15.6 Å². The van der Waals surface area contributed by atoms with E-state index >= 15 is 0 Å². The molecule has 1 aliphatic rings. The third kappa shape index (κ3) is 3.55. The zero-order valence-corrected chi connectivity index (χ0v) is 12.9. The van der Waals surface area contributed by atoms with Gasteiger partial charge >= 0.3 is 0 Å². The van der Waals surface area contributed by atoms with Gasteiger partial charge in [0.25, 0.3) is 0 Å². The van der Waals surface area contributed by atoms with Gasteiger partial charge in [0.2, 0.25) is 0 Å². The summed E-state index contributed by atoms with van der Waals surface area (Å²) in [5.41, 5.74) is 1.39. The number of aromatic nitrogens is 1. The smallest absolute Gasteiger partial charge is 0.110 e. The number of nitrogens with one attached hydrogen (secondary N) is 1. The summed E-state index contributed by atoms with van der Waals surface area (Å²) < 4.78 is 0. The van der Waals surface area contributed by atoms with Gasteiger partial charge in [0.15, 0.2) is 0 Å². The summed E-state index contributed by atoms with van der Waals surface area (Å²) in [5.74, 6) is 0.710. The van der Waals surface area contributed by atoms with Gasteiger partial charge in [0, 0.05) is 10.9 Å². The van der Waals surface area contributed by atoms with Crippen LogP contribution in [-0.4, -0.2) is 11.0 Å². The molecule has 0 radical (unpaired) electrons. The largest absolute Gasteiger partial charge is 0.306 e. The summed E-state index contributed by atoms with van der Waals surface area (Å²) in [6, 6.07) is 0.968. The molecule has 0 saturated carbocycles. The number of nitrogens with zero attached hydrogens (tertiary/aromatic N) is 1. The standard InChI is InChI=1S/C15H26N2S/c1-10(2)9-13(16-11(3)4)15-17-12-7-5-6-8-14(12)18-15/h10-11,13,16H,5-9H2,1-4H3. The van der Waals surface area contributed by atoms with Crippen molar-refractivity contribution in [2.75, 3.05) is 0 Å².